The molecule has 0 amide bonds. The highest BCUT2D eigenvalue weighted by Crippen LogP contribution is 2.26. The van der Waals surface area contributed by atoms with E-state index in [9.17, 15) is 14.3 Å². The molecule has 2 aromatic rings. The topological polar surface area (TPSA) is 136 Å². The molecule has 0 unspecified atom stereocenters. The Labute approximate surface area is 169 Å². The van der Waals surface area contributed by atoms with E-state index in [1.54, 1.807) is 18.2 Å². The van der Waals surface area contributed by atoms with Crippen LogP contribution in [0, 0.1) is 16.6 Å². The number of carboxylic acid groups (broad SMARTS) is 1. The lowest BCUT2D eigenvalue weighted by Gasteiger charge is -2.19. The van der Waals surface area contributed by atoms with E-state index in [0.717, 1.165) is 18.5 Å². The van der Waals surface area contributed by atoms with Crippen molar-refractivity contribution in [1.82, 2.24) is 9.88 Å². The Morgan fingerprint density at radius 3 is 2.79 bits per heavy atom. The second-order valence-electron chi connectivity index (χ2n) is 5.74. The quantitative estimate of drug-likeness (QED) is 0.262. The van der Waals surface area contributed by atoms with E-state index in [0.29, 0.717) is 25.1 Å². The van der Waals surface area contributed by atoms with Gasteiger partial charge >= 0.3 is 5.97 Å². The van der Waals surface area contributed by atoms with E-state index < -0.39 is 11.8 Å². The maximum Gasteiger partial charge on any atom is 0.339 e. The average Bonchev–Trinajstić information content (AvgIpc) is 2.66. The predicted molar refractivity (Wildman–Crippen MR) is 107 cm³/mol. The van der Waals surface area contributed by atoms with Crippen LogP contribution in [0.3, 0.4) is 0 Å². The van der Waals surface area contributed by atoms with Crippen LogP contribution in [0.5, 0.6) is 5.75 Å². The van der Waals surface area contributed by atoms with Crippen molar-refractivity contribution in [3.63, 3.8) is 0 Å². The van der Waals surface area contributed by atoms with Gasteiger partial charge in [-0.15, -0.1) is 0 Å². The van der Waals surface area contributed by atoms with Gasteiger partial charge in [-0.1, -0.05) is 6.07 Å². The molecule has 0 aliphatic rings. The largest absolute Gasteiger partial charge is 0.493 e. The number of nitrogen functional groups attached to an aromatic ring is 1. The third-order valence-corrected chi connectivity index (χ3v) is 4.37. The SMILES string of the molecule is N=CN(CCCCOc1cc(F)c(Br)cc1C(=O)O)C(=N)c1cccc(N)n1. The molecule has 1 heterocycles. The number of carbonyl (C=O) groups is 1. The number of benzene rings is 1. The molecule has 8 nitrogen and oxygen atoms in total. The van der Waals surface area contributed by atoms with Crippen LogP contribution in [0.25, 0.3) is 0 Å². The summed E-state index contributed by atoms with van der Waals surface area (Å²) in [5.41, 5.74) is 5.84. The molecule has 10 heteroatoms. The number of anilines is 1. The molecule has 0 spiro atoms. The molecule has 0 aliphatic heterocycles. The average molecular weight is 452 g/mol. The molecule has 0 aliphatic carbocycles. The van der Waals surface area contributed by atoms with Gasteiger partial charge in [0.05, 0.1) is 17.4 Å². The third-order valence-electron chi connectivity index (χ3n) is 3.76. The smallest absolute Gasteiger partial charge is 0.339 e. The van der Waals surface area contributed by atoms with Gasteiger partial charge in [-0.25, -0.2) is 14.2 Å². The first-order valence-electron chi connectivity index (χ1n) is 8.27. The summed E-state index contributed by atoms with van der Waals surface area (Å²) in [6.07, 6.45) is 2.10. The molecule has 0 fully saturated rings. The first kappa shape index (κ1) is 21.3. The molecule has 1 aromatic heterocycles. The van der Waals surface area contributed by atoms with Crippen molar-refractivity contribution >= 4 is 39.9 Å². The molecule has 0 saturated carbocycles. The Balaban J connectivity index is 1.88. The Morgan fingerprint density at radius 1 is 1.39 bits per heavy atom. The molecular weight excluding hydrogens is 433 g/mol. The third kappa shape index (κ3) is 5.49. The minimum Gasteiger partial charge on any atom is -0.493 e. The lowest BCUT2D eigenvalue weighted by molar-refractivity contribution is 0.0692. The second kappa shape index (κ2) is 9.79. The Morgan fingerprint density at radius 2 is 2.14 bits per heavy atom. The lowest BCUT2D eigenvalue weighted by atomic mass is 10.2. The summed E-state index contributed by atoms with van der Waals surface area (Å²) in [6, 6.07) is 7.11. The molecule has 5 N–H and O–H groups in total. The zero-order chi connectivity index (χ0) is 20.7. The first-order valence-corrected chi connectivity index (χ1v) is 9.06. The van der Waals surface area contributed by atoms with E-state index in [1.807, 2.05) is 0 Å². The minimum atomic E-state index is -1.21. The van der Waals surface area contributed by atoms with Gasteiger partial charge in [0, 0.05) is 12.6 Å². The van der Waals surface area contributed by atoms with Crippen LogP contribution in [-0.4, -0.2) is 46.3 Å². The number of nitrogens with zero attached hydrogens (tertiary/aromatic N) is 2. The fraction of sp³-hybridized carbons (Fsp3) is 0.222. The number of aromatic nitrogens is 1. The number of carboxylic acids is 1. The van der Waals surface area contributed by atoms with E-state index in [1.165, 1.54) is 4.90 Å². The number of hydrogen-bond donors (Lipinski definition) is 4. The molecule has 1 aromatic carbocycles. The number of ether oxygens (including phenoxy) is 1. The van der Waals surface area contributed by atoms with Gasteiger partial charge in [0.25, 0.3) is 0 Å². The van der Waals surface area contributed by atoms with Gasteiger partial charge in [0.1, 0.15) is 28.6 Å². The zero-order valence-corrected chi connectivity index (χ0v) is 16.4. The van der Waals surface area contributed by atoms with Crippen molar-refractivity contribution in [3.8, 4) is 5.75 Å². The number of nitrogens with one attached hydrogen (secondary N) is 2. The number of amidine groups is 1. The van der Waals surface area contributed by atoms with Crippen molar-refractivity contribution in [3.05, 3.63) is 51.9 Å². The fourth-order valence-electron chi connectivity index (χ4n) is 2.35. The van der Waals surface area contributed by atoms with Crippen LogP contribution in [0.1, 0.15) is 28.9 Å². The molecule has 0 bridgehead atoms. The molecule has 148 valence electrons. The van der Waals surface area contributed by atoms with Crippen molar-refractivity contribution in [2.24, 2.45) is 0 Å². The molecule has 2 rings (SSSR count). The number of nitrogens with two attached hydrogens (primary N) is 1. The molecule has 0 atom stereocenters. The summed E-state index contributed by atoms with van der Waals surface area (Å²) in [4.78, 5) is 16.7. The molecule has 28 heavy (non-hydrogen) atoms. The molecule has 0 saturated heterocycles. The number of rotatable bonds is 9. The summed E-state index contributed by atoms with van der Waals surface area (Å²) < 4.78 is 19.1. The van der Waals surface area contributed by atoms with Crippen LogP contribution in [-0.2, 0) is 0 Å². The van der Waals surface area contributed by atoms with Gasteiger partial charge in [0.15, 0.2) is 5.84 Å². The van der Waals surface area contributed by atoms with E-state index in [2.05, 4.69) is 20.9 Å². The van der Waals surface area contributed by atoms with Gasteiger partial charge < -0.3 is 20.5 Å². The van der Waals surface area contributed by atoms with Gasteiger partial charge in [-0.2, -0.15) is 0 Å². The predicted octanol–water partition coefficient (Wildman–Crippen LogP) is 3.36. The highest BCUT2D eigenvalue weighted by Gasteiger charge is 2.16. The summed E-state index contributed by atoms with van der Waals surface area (Å²) >= 11 is 2.95. The van der Waals surface area contributed by atoms with Gasteiger partial charge in [-0.3, -0.25) is 10.8 Å². The standard InChI is InChI=1S/C18H19BrFN5O3/c19-12-8-11(18(26)27)15(9-13(12)20)28-7-2-1-6-25(10-21)17(23)14-4-3-5-16(22)24-14/h3-5,8-10,21,23H,1-2,6-7H2,(H2,22,24)(H,26,27). The maximum absolute atomic E-state index is 13.6. The van der Waals surface area contributed by atoms with E-state index >= 15 is 0 Å². The van der Waals surface area contributed by atoms with Crippen LogP contribution >= 0.6 is 15.9 Å². The number of pyridine rings is 1. The molecular formula is C18H19BrFN5O3. The number of aromatic carboxylic acids is 1. The summed E-state index contributed by atoms with van der Waals surface area (Å²) in [5.74, 6) is -1.54. The summed E-state index contributed by atoms with van der Waals surface area (Å²) in [6.45, 7) is 0.527. The Bertz CT molecular complexity index is 894. The fourth-order valence-corrected chi connectivity index (χ4v) is 2.70. The minimum absolute atomic E-state index is 0.0474. The van der Waals surface area contributed by atoms with E-state index in [4.69, 9.17) is 21.3 Å². The van der Waals surface area contributed by atoms with Crippen LogP contribution < -0.4 is 10.5 Å². The monoisotopic (exact) mass is 451 g/mol. The van der Waals surface area contributed by atoms with Crippen molar-refractivity contribution in [2.75, 3.05) is 18.9 Å². The highest BCUT2D eigenvalue weighted by molar-refractivity contribution is 9.10. The van der Waals surface area contributed by atoms with Crippen LogP contribution in [0.2, 0.25) is 0 Å². The van der Waals surface area contributed by atoms with Crippen molar-refractivity contribution in [2.45, 2.75) is 12.8 Å². The van der Waals surface area contributed by atoms with Gasteiger partial charge in [0.2, 0.25) is 0 Å². The number of unbranched alkanes of at least 4 members (excludes halogenated alkanes) is 1. The van der Waals surface area contributed by atoms with Crippen molar-refractivity contribution < 1.29 is 19.0 Å². The normalized spacial score (nSPS) is 10.4. The Hall–Kier alpha value is -3.01. The van der Waals surface area contributed by atoms with Crippen LogP contribution in [0.15, 0.2) is 34.8 Å². The zero-order valence-electron chi connectivity index (χ0n) is 14.8. The summed E-state index contributed by atoms with van der Waals surface area (Å²) in [7, 11) is 0. The first-order chi connectivity index (χ1) is 13.3. The number of halogens is 2. The highest BCUT2D eigenvalue weighted by atomic mass is 79.9. The van der Waals surface area contributed by atoms with Crippen molar-refractivity contribution in [1.29, 1.82) is 10.8 Å². The van der Waals surface area contributed by atoms with Crippen LogP contribution in [0.4, 0.5) is 10.2 Å². The van der Waals surface area contributed by atoms with E-state index in [-0.39, 0.29) is 34.0 Å². The number of hydrogen-bond acceptors (Lipinski definition) is 6. The maximum atomic E-state index is 13.6. The summed E-state index contributed by atoms with van der Waals surface area (Å²) in [5, 5.41) is 24.8. The molecule has 0 radical (unpaired) electrons. The second-order valence-corrected chi connectivity index (χ2v) is 6.60. The Kier molecular flexibility index (Phi) is 7.44. The lowest BCUT2D eigenvalue weighted by Crippen LogP contribution is -2.31. The van der Waals surface area contributed by atoms with Gasteiger partial charge in [-0.05, 0) is 47.0 Å².